The molecule has 1 saturated carbocycles. The smallest absolute Gasteiger partial charge is 0.261 e. The molecular weight excluding hydrogens is 368 g/mol. The van der Waals surface area contributed by atoms with Crippen molar-refractivity contribution in [2.45, 2.75) is 56.9 Å². The van der Waals surface area contributed by atoms with E-state index in [0.29, 0.717) is 24.1 Å². The van der Waals surface area contributed by atoms with Gasteiger partial charge in [0.1, 0.15) is 11.3 Å². The maximum absolute atomic E-state index is 12.8. The summed E-state index contributed by atoms with van der Waals surface area (Å²) in [5.41, 5.74) is 1.71. The Morgan fingerprint density at radius 2 is 1.79 bits per heavy atom. The van der Waals surface area contributed by atoms with E-state index < -0.39 is 5.56 Å². The normalized spacial score (nSPS) is 19.5. The zero-order chi connectivity index (χ0) is 20.4. The molecule has 6 heteroatoms. The number of hydrogen-bond donors (Lipinski definition) is 2. The van der Waals surface area contributed by atoms with E-state index in [0.717, 1.165) is 37.0 Å². The molecule has 2 aliphatic rings. The molecule has 0 aliphatic heterocycles. The summed E-state index contributed by atoms with van der Waals surface area (Å²) < 4.78 is 5.19. The van der Waals surface area contributed by atoms with Crippen molar-refractivity contribution in [2.75, 3.05) is 7.11 Å². The summed E-state index contributed by atoms with van der Waals surface area (Å²) in [5, 5.41) is 2.96. The second kappa shape index (κ2) is 8.23. The first-order chi connectivity index (χ1) is 14.0. The molecule has 1 heterocycles. The highest BCUT2D eigenvalue weighted by atomic mass is 16.5. The molecule has 1 aromatic carbocycles. The van der Waals surface area contributed by atoms with Gasteiger partial charge in [-0.05, 0) is 48.9 Å². The average Bonchev–Trinajstić information content (AvgIpc) is 2.74. The molecule has 1 atom stereocenters. The predicted molar refractivity (Wildman–Crippen MR) is 110 cm³/mol. The number of aromatic nitrogens is 1. The Bertz CT molecular complexity index is 971. The van der Waals surface area contributed by atoms with Crippen LogP contribution in [0, 0.1) is 0 Å². The third-order valence-electron chi connectivity index (χ3n) is 6.08. The number of methoxy groups -OCH3 is 1. The summed E-state index contributed by atoms with van der Waals surface area (Å²) in [5.74, 6) is 0.331. The number of benzene rings is 1. The molecule has 1 aromatic heterocycles. The minimum atomic E-state index is -0.430. The van der Waals surface area contributed by atoms with Gasteiger partial charge >= 0.3 is 0 Å². The van der Waals surface area contributed by atoms with Crippen LogP contribution in [0.25, 0.3) is 0 Å². The SMILES string of the molecule is COc1ccc([C@@H]2CC(=O)c3cc(C(=O)NC4CCCCC4)c(=O)[nH]c3C2)cc1. The number of ketones is 1. The van der Waals surface area contributed by atoms with Crippen molar-refractivity contribution < 1.29 is 14.3 Å². The minimum Gasteiger partial charge on any atom is -0.497 e. The van der Waals surface area contributed by atoms with Gasteiger partial charge in [0.25, 0.3) is 11.5 Å². The Kier molecular flexibility index (Phi) is 5.51. The van der Waals surface area contributed by atoms with Crippen LogP contribution in [0.5, 0.6) is 5.75 Å². The highest BCUT2D eigenvalue weighted by molar-refractivity contribution is 6.02. The molecular formula is C23H26N2O4. The Balaban J connectivity index is 1.55. The molecule has 2 aromatic rings. The first kappa shape index (κ1) is 19.4. The Hall–Kier alpha value is -2.89. The van der Waals surface area contributed by atoms with Crippen LogP contribution in [0.4, 0.5) is 0 Å². The van der Waals surface area contributed by atoms with E-state index in [1.54, 1.807) is 7.11 Å². The van der Waals surface area contributed by atoms with Crippen molar-refractivity contribution in [1.82, 2.24) is 10.3 Å². The molecule has 4 rings (SSSR count). The molecule has 0 radical (unpaired) electrons. The van der Waals surface area contributed by atoms with Crippen LogP contribution in [-0.4, -0.2) is 29.8 Å². The van der Waals surface area contributed by atoms with Crippen molar-refractivity contribution in [1.29, 1.82) is 0 Å². The highest BCUT2D eigenvalue weighted by Crippen LogP contribution is 2.32. The van der Waals surface area contributed by atoms with E-state index in [-0.39, 0.29) is 29.2 Å². The van der Waals surface area contributed by atoms with Gasteiger partial charge in [-0.1, -0.05) is 31.4 Å². The van der Waals surface area contributed by atoms with Crippen LogP contribution in [0.3, 0.4) is 0 Å². The molecule has 2 N–H and O–H groups in total. The lowest BCUT2D eigenvalue weighted by Crippen LogP contribution is -2.39. The van der Waals surface area contributed by atoms with Crippen LogP contribution in [0.2, 0.25) is 0 Å². The molecule has 2 aliphatic carbocycles. The van der Waals surface area contributed by atoms with Gasteiger partial charge in [0.15, 0.2) is 5.78 Å². The molecule has 0 unspecified atom stereocenters. The number of nitrogens with one attached hydrogen (secondary N) is 2. The molecule has 152 valence electrons. The number of rotatable bonds is 4. The van der Waals surface area contributed by atoms with Gasteiger partial charge in [0, 0.05) is 23.7 Å². The highest BCUT2D eigenvalue weighted by Gasteiger charge is 2.29. The third-order valence-corrected chi connectivity index (χ3v) is 6.08. The van der Waals surface area contributed by atoms with E-state index in [4.69, 9.17) is 4.74 Å². The van der Waals surface area contributed by atoms with Crippen LogP contribution >= 0.6 is 0 Å². The van der Waals surface area contributed by atoms with E-state index in [1.807, 2.05) is 24.3 Å². The molecule has 0 spiro atoms. The monoisotopic (exact) mass is 394 g/mol. The second-order valence-corrected chi connectivity index (χ2v) is 8.01. The number of pyridine rings is 1. The zero-order valence-electron chi connectivity index (χ0n) is 16.6. The first-order valence-corrected chi connectivity index (χ1v) is 10.3. The standard InChI is InChI=1S/C23H26N2O4/c1-29-17-9-7-14(8-10-17)15-11-20-18(21(26)12-15)13-19(23(28)25-20)22(27)24-16-5-3-2-4-6-16/h7-10,13,15-16H,2-6,11-12H2,1H3,(H,24,27)(H,25,28)/t15-/m0/s1. The number of ether oxygens (including phenoxy) is 1. The van der Waals surface area contributed by atoms with E-state index in [9.17, 15) is 14.4 Å². The maximum Gasteiger partial charge on any atom is 0.261 e. The molecule has 6 nitrogen and oxygen atoms in total. The van der Waals surface area contributed by atoms with Crippen molar-refractivity contribution in [3.05, 3.63) is 63.1 Å². The fourth-order valence-corrected chi connectivity index (χ4v) is 4.42. The van der Waals surface area contributed by atoms with Gasteiger partial charge in [-0.2, -0.15) is 0 Å². The van der Waals surface area contributed by atoms with Crippen LogP contribution in [0.1, 0.15) is 76.4 Å². The second-order valence-electron chi connectivity index (χ2n) is 8.01. The lowest BCUT2D eigenvalue weighted by molar-refractivity contribution is 0.0926. The molecule has 1 amide bonds. The molecule has 0 saturated heterocycles. The first-order valence-electron chi connectivity index (χ1n) is 10.3. The number of hydrogen-bond acceptors (Lipinski definition) is 4. The number of amides is 1. The summed E-state index contributed by atoms with van der Waals surface area (Å²) in [4.78, 5) is 40.8. The quantitative estimate of drug-likeness (QED) is 0.832. The Morgan fingerprint density at radius 3 is 2.48 bits per heavy atom. The fourth-order valence-electron chi connectivity index (χ4n) is 4.42. The Morgan fingerprint density at radius 1 is 1.07 bits per heavy atom. The van der Waals surface area contributed by atoms with Gasteiger partial charge in [-0.3, -0.25) is 14.4 Å². The van der Waals surface area contributed by atoms with Crippen LogP contribution in [0.15, 0.2) is 35.1 Å². The summed E-state index contributed by atoms with van der Waals surface area (Å²) >= 11 is 0. The maximum atomic E-state index is 12.8. The Labute approximate surface area is 169 Å². The third kappa shape index (κ3) is 4.11. The zero-order valence-corrected chi connectivity index (χ0v) is 16.6. The minimum absolute atomic E-state index is 0.00142. The summed E-state index contributed by atoms with van der Waals surface area (Å²) in [7, 11) is 1.61. The van der Waals surface area contributed by atoms with E-state index >= 15 is 0 Å². The topological polar surface area (TPSA) is 88.3 Å². The number of H-pyrrole nitrogens is 1. The largest absolute Gasteiger partial charge is 0.497 e. The molecule has 0 bridgehead atoms. The fraction of sp³-hybridized carbons (Fsp3) is 0.435. The lowest BCUT2D eigenvalue weighted by Gasteiger charge is -2.25. The van der Waals surface area contributed by atoms with E-state index in [2.05, 4.69) is 10.3 Å². The number of carbonyl (C=O) groups is 2. The van der Waals surface area contributed by atoms with Gasteiger partial charge in [-0.15, -0.1) is 0 Å². The van der Waals surface area contributed by atoms with E-state index in [1.165, 1.54) is 12.5 Å². The number of carbonyl (C=O) groups excluding carboxylic acids is 2. The molecule has 1 fully saturated rings. The number of fused-ring (bicyclic) bond motifs is 1. The van der Waals surface area contributed by atoms with Crippen molar-refractivity contribution >= 4 is 11.7 Å². The molecule has 29 heavy (non-hydrogen) atoms. The summed E-state index contributed by atoms with van der Waals surface area (Å²) in [6.45, 7) is 0. The number of aromatic amines is 1. The van der Waals surface area contributed by atoms with Crippen LogP contribution < -0.4 is 15.6 Å². The van der Waals surface area contributed by atoms with Crippen molar-refractivity contribution in [3.63, 3.8) is 0 Å². The van der Waals surface area contributed by atoms with Gasteiger partial charge < -0.3 is 15.0 Å². The summed E-state index contributed by atoms with van der Waals surface area (Å²) in [6, 6.07) is 9.24. The average molecular weight is 394 g/mol. The van der Waals surface area contributed by atoms with Gasteiger partial charge in [0.05, 0.1) is 7.11 Å². The number of Topliss-reactive ketones (excluding diaryl/α,β-unsaturated/α-hetero) is 1. The van der Waals surface area contributed by atoms with Crippen molar-refractivity contribution in [3.8, 4) is 5.75 Å². The lowest BCUT2D eigenvalue weighted by atomic mass is 9.81. The van der Waals surface area contributed by atoms with Gasteiger partial charge in [-0.25, -0.2) is 0 Å². The van der Waals surface area contributed by atoms with Gasteiger partial charge in [0.2, 0.25) is 0 Å². The predicted octanol–water partition coefficient (Wildman–Crippen LogP) is 3.36. The van der Waals surface area contributed by atoms with Crippen molar-refractivity contribution in [2.24, 2.45) is 0 Å². The summed E-state index contributed by atoms with van der Waals surface area (Å²) in [6.07, 6.45) is 6.18. The van der Waals surface area contributed by atoms with Crippen LogP contribution in [-0.2, 0) is 6.42 Å².